The van der Waals surface area contributed by atoms with E-state index >= 15 is 0 Å². The highest BCUT2D eigenvalue weighted by molar-refractivity contribution is 7.13. The van der Waals surface area contributed by atoms with Gasteiger partial charge >= 0.3 is 0 Å². The number of nitriles is 1. The Morgan fingerprint density at radius 3 is 2.96 bits per heavy atom. The second kappa shape index (κ2) is 7.85. The molecule has 1 amide bonds. The minimum atomic E-state index is -0.439. The molecule has 0 saturated carbocycles. The maximum Gasteiger partial charge on any atom is 0.268 e. The Morgan fingerprint density at radius 2 is 2.35 bits per heavy atom. The lowest BCUT2D eigenvalue weighted by Gasteiger charge is -2.14. The average Bonchev–Trinajstić information content (AvgIpc) is 3.31. The molecular weight excluding hydrogens is 348 g/mol. The van der Waals surface area contributed by atoms with Gasteiger partial charge in [0.15, 0.2) is 5.13 Å². The fourth-order valence-corrected chi connectivity index (χ4v) is 3.81. The zero-order chi connectivity index (χ0) is 18.7. The van der Waals surface area contributed by atoms with E-state index in [2.05, 4.69) is 14.9 Å². The maximum absolute atomic E-state index is 12.4. The maximum atomic E-state index is 12.4. The van der Waals surface area contributed by atoms with E-state index in [1.165, 1.54) is 11.3 Å². The monoisotopic (exact) mass is 370 g/mol. The second-order valence-electron chi connectivity index (χ2n) is 6.49. The topological polar surface area (TPSA) is 79.9 Å². The second-order valence-corrected chi connectivity index (χ2v) is 7.35. The number of hydrogen-bond donors (Lipinski definition) is 1. The predicted molar refractivity (Wildman–Crippen MR) is 102 cm³/mol. The summed E-state index contributed by atoms with van der Waals surface area (Å²) in [5.74, 6) is -0.439. The van der Waals surface area contributed by atoms with Crippen molar-refractivity contribution in [2.24, 2.45) is 0 Å². The summed E-state index contributed by atoms with van der Waals surface area (Å²) < 4.78 is 7.92. The van der Waals surface area contributed by atoms with Crippen LogP contribution in [0.2, 0.25) is 0 Å². The van der Waals surface area contributed by atoms with Gasteiger partial charge in [-0.05, 0) is 51.3 Å². The summed E-state index contributed by atoms with van der Waals surface area (Å²) in [6.07, 6.45) is 4.06. The van der Waals surface area contributed by atoms with Crippen LogP contribution in [0.4, 0.5) is 5.13 Å². The van der Waals surface area contributed by atoms with Gasteiger partial charge in [0, 0.05) is 29.9 Å². The fourth-order valence-electron chi connectivity index (χ4n) is 3.13. The molecule has 7 heteroatoms. The first kappa shape index (κ1) is 18.4. The minimum absolute atomic E-state index is 0.0650. The number of carbonyl (C=O) groups is 1. The molecule has 1 aliphatic heterocycles. The molecule has 0 aliphatic carbocycles. The number of nitrogens with one attached hydrogen (secondary N) is 1. The van der Waals surface area contributed by atoms with Gasteiger partial charge in [-0.3, -0.25) is 10.1 Å². The predicted octanol–water partition coefficient (Wildman–Crippen LogP) is 3.59. The lowest BCUT2D eigenvalue weighted by molar-refractivity contribution is -0.112. The van der Waals surface area contributed by atoms with Gasteiger partial charge in [-0.2, -0.15) is 5.26 Å². The Bertz CT molecular complexity index is 882. The molecule has 1 saturated heterocycles. The number of amides is 1. The van der Waals surface area contributed by atoms with Crippen LogP contribution in [-0.2, 0) is 16.1 Å². The van der Waals surface area contributed by atoms with Gasteiger partial charge in [-0.15, -0.1) is 11.3 Å². The van der Waals surface area contributed by atoms with Crippen LogP contribution in [0.5, 0.6) is 0 Å². The molecule has 0 bridgehead atoms. The van der Waals surface area contributed by atoms with Crippen molar-refractivity contribution >= 4 is 28.5 Å². The van der Waals surface area contributed by atoms with Crippen molar-refractivity contribution in [2.75, 3.05) is 11.9 Å². The van der Waals surface area contributed by atoms with Gasteiger partial charge < -0.3 is 9.30 Å². The molecule has 2 aromatic rings. The SMILES string of the molecule is Cc1csc(NC(=O)/C(C#N)=C\c2cc(C)n(CC3CCCO3)c2C)n1. The number of ether oxygens (including phenoxy) is 1. The average molecular weight is 370 g/mol. The van der Waals surface area contributed by atoms with E-state index in [9.17, 15) is 10.1 Å². The van der Waals surface area contributed by atoms with E-state index in [1.807, 2.05) is 38.3 Å². The van der Waals surface area contributed by atoms with E-state index in [0.717, 1.165) is 48.6 Å². The summed E-state index contributed by atoms with van der Waals surface area (Å²) in [5.41, 5.74) is 3.91. The van der Waals surface area contributed by atoms with Crippen LogP contribution in [0.1, 0.15) is 35.5 Å². The largest absolute Gasteiger partial charge is 0.376 e. The Morgan fingerprint density at radius 1 is 1.54 bits per heavy atom. The molecule has 136 valence electrons. The smallest absolute Gasteiger partial charge is 0.268 e. The lowest BCUT2D eigenvalue weighted by Crippen LogP contribution is -2.17. The molecule has 0 aromatic carbocycles. The van der Waals surface area contributed by atoms with Gasteiger partial charge in [0.2, 0.25) is 0 Å². The third-order valence-corrected chi connectivity index (χ3v) is 5.40. The van der Waals surface area contributed by atoms with E-state index in [1.54, 1.807) is 6.08 Å². The highest BCUT2D eigenvalue weighted by Crippen LogP contribution is 2.22. The van der Waals surface area contributed by atoms with Crippen molar-refractivity contribution in [3.05, 3.63) is 39.7 Å². The van der Waals surface area contributed by atoms with Crippen molar-refractivity contribution in [3.63, 3.8) is 0 Å². The summed E-state index contributed by atoms with van der Waals surface area (Å²) in [7, 11) is 0. The number of hydrogen-bond acceptors (Lipinski definition) is 5. The third-order valence-electron chi connectivity index (χ3n) is 4.53. The van der Waals surface area contributed by atoms with Crippen LogP contribution in [0, 0.1) is 32.1 Å². The number of thiazole rings is 1. The summed E-state index contributed by atoms with van der Waals surface area (Å²) in [6, 6.07) is 4.00. The molecule has 1 fully saturated rings. The van der Waals surface area contributed by atoms with Crippen LogP contribution in [-0.4, -0.2) is 28.2 Å². The first-order valence-corrected chi connectivity index (χ1v) is 9.49. The zero-order valence-electron chi connectivity index (χ0n) is 15.2. The zero-order valence-corrected chi connectivity index (χ0v) is 16.0. The number of aryl methyl sites for hydroxylation is 2. The van der Waals surface area contributed by atoms with Gasteiger partial charge in [0.05, 0.1) is 11.8 Å². The molecule has 26 heavy (non-hydrogen) atoms. The first-order chi connectivity index (χ1) is 12.5. The van der Waals surface area contributed by atoms with Crippen molar-refractivity contribution in [2.45, 2.75) is 46.3 Å². The van der Waals surface area contributed by atoms with E-state index in [4.69, 9.17) is 4.74 Å². The third kappa shape index (κ3) is 4.03. The van der Waals surface area contributed by atoms with Crippen LogP contribution < -0.4 is 5.32 Å². The lowest BCUT2D eigenvalue weighted by atomic mass is 10.1. The Balaban J connectivity index is 1.80. The van der Waals surface area contributed by atoms with Crippen molar-refractivity contribution in [1.29, 1.82) is 5.26 Å². The standard InChI is InChI=1S/C19H22N4O2S/c1-12-11-26-19(21-12)22-18(24)16(9-20)8-15-7-13(2)23(14(15)3)10-17-5-4-6-25-17/h7-8,11,17H,4-6,10H2,1-3H3,(H,21,22,24)/b16-8-. The van der Waals surface area contributed by atoms with Crippen molar-refractivity contribution in [1.82, 2.24) is 9.55 Å². The molecule has 3 heterocycles. The van der Waals surface area contributed by atoms with Gasteiger partial charge in [0.25, 0.3) is 5.91 Å². The van der Waals surface area contributed by atoms with Crippen LogP contribution in [0.15, 0.2) is 17.0 Å². The van der Waals surface area contributed by atoms with Gasteiger partial charge in [0.1, 0.15) is 11.6 Å². The molecule has 2 aromatic heterocycles. The number of nitrogens with zero attached hydrogens (tertiary/aromatic N) is 3. The molecule has 0 radical (unpaired) electrons. The van der Waals surface area contributed by atoms with E-state index in [-0.39, 0.29) is 11.7 Å². The highest BCUT2D eigenvalue weighted by Gasteiger charge is 2.19. The number of carbonyl (C=O) groups excluding carboxylic acids is 1. The number of aromatic nitrogens is 2. The molecular formula is C19H22N4O2S. The minimum Gasteiger partial charge on any atom is -0.376 e. The van der Waals surface area contributed by atoms with E-state index in [0.29, 0.717) is 5.13 Å². The van der Waals surface area contributed by atoms with Crippen molar-refractivity contribution in [3.8, 4) is 6.07 Å². The Kier molecular flexibility index (Phi) is 5.55. The molecule has 1 unspecified atom stereocenters. The summed E-state index contributed by atoms with van der Waals surface area (Å²) >= 11 is 1.34. The fraction of sp³-hybridized carbons (Fsp3) is 0.421. The summed E-state index contributed by atoms with van der Waals surface area (Å²) in [4.78, 5) is 16.6. The number of anilines is 1. The summed E-state index contributed by atoms with van der Waals surface area (Å²) in [5, 5.41) is 14.4. The Labute approximate surface area is 157 Å². The summed E-state index contributed by atoms with van der Waals surface area (Å²) in [6.45, 7) is 7.52. The van der Waals surface area contributed by atoms with Gasteiger partial charge in [-0.1, -0.05) is 0 Å². The van der Waals surface area contributed by atoms with E-state index < -0.39 is 5.91 Å². The van der Waals surface area contributed by atoms with Crippen LogP contribution in [0.3, 0.4) is 0 Å². The highest BCUT2D eigenvalue weighted by atomic mass is 32.1. The number of rotatable bonds is 5. The normalized spacial score (nSPS) is 17.3. The molecule has 1 aliphatic rings. The Hall–Kier alpha value is -2.43. The quantitative estimate of drug-likeness (QED) is 0.644. The molecule has 3 rings (SSSR count). The van der Waals surface area contributed by atoms with Gasteiger partial charge in [-0.25, -0.2) is 4.98 Å². The van der Waals surface area contributed by atoms with Crippen molar-refractivity contribution < 1.29 is 9.53 Å². The molecule has 0 spiro atoms. The van der Waals surface area contributed by atoms with Crippen LogP contribution >= 0.6 is 11.3 Å². The molecule has 6 nitrogen and oxygen atoms in total. The molecule has 1 N–H and O–H groups in total. The first-order valence-electron chi connectivity index (χ1n) is 8.61. The van der Waals surface area contributed by atoms with Crippen LogP contribution in [0.25, 0.3) is 6.08 Å². The molecule has 1 atom stereocenters.